The first-order valence-electron chi connectivity index (χ1n) is 5.91. The first kappa shape index (κ1) is 15.5. The summed E-state index contributed by atoms with van der Waals surface area (Å²) in [6.07, 6.45) is -0.616. The fourth-order valence-electron chi connectivity index (χ4n) is 2.76. The molecule has 0 amide bonds. The maximum Gasteiger partial charge on any atom is 0.243 e. The second-order valence-corrected chi connectivity index (χ2v) is 4.65. The van der Waals surface area contributed by atoms with Gasteiger partial charge in [0.25, 0.3) is 0 Å². The van der Waals surface area contributed by atoms with Crippen LogP contribution in [0.15, 0.2) is 0 Å². The lowest BCUT2D eigenvalue weighted by atomic mass is 9.82. The summed E-state index contributed by atoms with van der Waals surface area (Å²) in [4.78, 5) is 42.5. The molecule has 2 rings (SSSR count). The van der Waals surface area contributed by atoms with Gasteiger partial charge < -0.3 is 0 Å². The Morgan fingerprint density at radius 1 is 0.727 bits per heavy atom. The lowest BCUT2D eigenvalue weighted by molar-refractivity contribution is -0.756. The van der Waals surface area contributed by atoms with E-state index in [0.717, 1.165) is 0 Å². The molecule has 16 nitrogen and oxygen atoms in total. The largest absolute Gasteiger partial charge is 0.264 e. The van der Waals surface area contributed by atoms with Crippen molar-refractivity contribution in [3.8, 4) is 0 Å². The Kier molecular flexibility index (Phi) is 3.87. The monoisotopic (exact) mass is 322 g/mol. The maximum absolute atomic E-state index is 11.1. The van der Waals surface area contributed by atoms with E-state index in [4.69, 9.17) is 0 Å². The Morgan fingerprint density at radius 2 is 1.05 bits per heavy atom. The second-order valence-electron chi connectivity index (χ2n) is 4.65. The van der Waals surface area contributed by atoms with Gasteiger partial charge in [0, 0.05) is 22.7 Å². The molecule has 0 aromatic rings. The fourth-order valence-corrected chi connectivity index (χ4v) is 2.76. The number of hydrogen-bond donors (Lipinski definition) is 2. The van der Waals surface area contributed by atoms with Crippen LogP contribution in [0.5, 0.6) is 0 Å². The van der Waals surface area contributed by atoms with Crippen LogP contribution in [0, 0.1) is 40.5 Å². The standard InChI is InChI=1S/C6H10N8O8/c15-11(16)3-1-2-4(12(17)18)6-5(3)9(13(19)20)7-8-10(6)14(21)22/h3-8H,1-2H2. The van der Waals surface area contributed by atoms with Crippen LogP contribution in [0.25, 0.3) is 0 Å². The number of hydrogen-bond acceptors (Lipinski definition) is 10. The van der Waals surface area contributed by atoms with Crippen molar-refractivity contribution in [2.75, 3.05) is 0 Å². The van der Waals surface area contributed by atoms with Crippen molar-refractivity contribution in [3.05, 3.63) is 40.5 Å². The van der Waals surface area contributed by atoms with E-state index in [-0.39, 0.29) is 23.1 Å². The molecule has 16 heteroatoms. The van der Waals surface area contributed by atoms with Crippen molar-refractivity contribution < 1.29 is 19.9 Å². The van der Waals surface area contributed by atoms with Crippen molar-refractivity contribution in [3.63, 3.8) is 0 Å². The molecule has 2 N–H and O–H groups in total. The van der Waals surface area contributed by atoms with E-state index >= 15 is 0 Å². The van der Waals surface area contributed by atoms with Crippen LogP contribution < -0.4 is 11.1 Å². The number of nitrogens with one attached hydrogen (secondary N) is 2. The van der Waals surface area contributed by atoms with E-state index in [1.807, 2.05) is 11.1 Å². The minimum Gasteiger partial charge on any atom is -0.264 e. The van der Waals surface area contributed by atoms with Crippen molar-refractivity contribution in [1.82, 2.24) is 21.3 Å². The Hall–Kier alpha value is -2.88. The molecule has 1 aliphatic heterocycles. The Bertz CT molecular complexity index is 437. The van der Waals surface area contributed by atoms with Crippen molar-refractivity contribution in [2.24, 2.45) is 0 Å². The summed E-state index contributed by atoms with van der Waals surface area (Å²) in [6, 6.07) is -6.52. The van der Waals surface area contributed by atoms with Gasteiger partial charge in [0.05, 0.1) is 0 Å². The molecule has 2 aliphatic rings. The van der Waals surface area contributed by atoms with Crippen LogP contribution >= 0.6 is 0 Å². The van der Waals surface area contributed by atoms with E-state index in [2.05, 4.69) is 0 Å². The zero-order valence-electron chi connectivity index (χ0n) is 10.7. The number of nitro groups is 4. The highest BCUT2D eigenvalue weighted by Crippen LogP contribution is 2.31. The van der Waals surface area contributed by atoms with E-state index < -0.39 is 44.1 Å². The lowest BCUT2D eigenvalue weighted by Gasteiger charge is -2.41. The first-order valence-corrected chi connectivity index (χ1v) is 5.91. The van der Waals surface area contributed by atoms with Gasteiger partial charge in [-0.1, -0.05) is 11.1 Å². The van der Waals surface area contributed by atoms with Crippen LogP contribution in [-0.2, 0) is 0 Å². The lowest BCUT2D eigenvalue weighted by Crippen LogP contribution is -2.80. The molecule has 0 radical (unpaired) electrons. The van der Waals surface area contributed by atoms with Gasteiger partial charge >= 0.3 is 0 Å². The molecule has 0 aromatic carbocycles. The second kappa shape index (κ2) is 5.48. The summed E-state index contributed by atoms with van der Waals surface area (Å²) in [6.45, 7) is 0. The van der Waals surface area contributed by atoms with Crippen LogP contribution in [0.2, 0.25) is 0 Å². The molecule has 4 unspecified atom stereocenters. The maximum atomic E-state index is 11.1. The SMILES string of the molecule is O=[N+]([O-])C1CCC([N+](=O)[O-])C2C1N([N+](=O)[O-])NNN2[N+](=O)[O-]. The minimum absolute atomic E-state index is 0.161. The minimum atomic E-state index is -1.69. The zero-order valence-corrected chi connectivity index (χ0v) is 10.7. The van der Waals surface area contributed by atoms with Crippen molar-refractivity contribution in [1.29, 1.82) is 0 Å². The zero-order chi connectivity index (χ0) is 16.6. The van der Waals surface area contributed by atoms with Gasteiger partial charge in [-0.05, 0) is 10.2 Å². The summed E-state index contributed by atoms with van der Waals surface area (Å²) in [5.74, 6) is 0. The average molecular weight is 322 g/mol. The average Bonchev–Trinajstić information content (AvgIpc) is 2.43. The molecule has 22 heavy (non-hydrogen) atoms. The molecule has 1 heterocycles. The van der Waals surface area contributed by atoms with Gasteiger partial charge in [-0.3, -0.25) is 20.2 Å². The topological polar surface area (TPSA) is 203 Å². The molecule has 1 saturated heterocycles. The molecular weight excluding hydrogens is 312 g/mol. The van der Waals surface area contributed by atoms with E-state index in [9.17, 15) is 40.5 Å². The van der Waals surface area contributed by atoms with E-state index in [1.165, 1.54) is 0 Å². The number of nitrogens with zero attached hydrogens (tertiary/aromatic N) is 6. The predicted molar refractivity (Wildman–Crippen MR) is 62.3 cm³/mol. The van der Waals surface area contributed by atoms with E-state index in [0.29, 0.717) is 0 Å². The fraction of sp³-hybridized carbons (Fsp3) is 1.00. The van der Waals surface area contributed by atoms with Crippen molar-refractivity contribution >= 4 is 0 Å². The van der Waals surface area contributed by atoms with Crippen molar-refractivity contribution in [2.45, 2.75) is 37.0 Å². The molecule has 1 saturated carbocycles. The summed E-state index contributed by atoms with van der Waals surface area (Å²) < 4.78 is 0. The quantitative estimate of drug-likeness (QED) is 0.415. The summed E-state index contributed by atoms with van der Waals surface area (Å²) in [5, 5.41) is 42.3. The molecule has 1 aliphatic carbocycles. The Labute approximate surface area is 120 Å². The normalized spacial score (nSPS) is 31.3. The molecule has 0 spiro atoms. The van der Waals surface area contributed by atoms with Crippen LogP contribution in [0.1, 0.15) is 12.8 Å². The Morgan fingerprint density at radius 3 is 1.27 bits per heavy atom. The summed E-state index contributed by atoms with van der Waals surface area (Å²) in [5.41, 5.74) is 3.67. The third kappa shape index (κ3) is 2.39. The smallest absolute Gasteiger partial charge is 0.243 e. The third-order valence-electron chi connectivity index (χ3n) is 3.63. The van der Waals surface area contributed by atoms with Gasteiger partial charge in [0.1, 0.15) is 0 Å². The van der Waals surface area contributed by atoms with Gasteiger partial charge in [-0.15, -0.1) is 0 Å². The van der Waals surface area contributed by atoms with Gasteiger partial charge in [0.2, 0.25) is 24.2 Å². The third-order valence-corrected chi connectivity index (χ3v) is 3.63. The van der Waals surface area contributed by atoms with Gasteiger partial charge in [-0.2, -0.15) is 0 Å². The summed E-state index contributed by atoms with van der Waals surface area (Å²) in [7, 11) is 0. The highest BCUT2D eigenvalue weighted by molar-refractivity contribution is 4.96. The molecule has 0 aromatic heterocycles. The highest BCUT2D eigenvalue weighted by atomic mass is 16.7. The van der Waals surface area contributed by atoms with Crippen LogP contribution in [-0.4, -0.2) is 54.3 Å². The molecule has 0 bridgehead atoms. The number of fused-ring (bicyclic) bond motifs is 1. The van der Waals surface area contributed by atoms with Crippen LogP contribution in [0.3, 0.4) is 0 Å². The number of hydrazine groups is 5. The predicted octanol–water partition coefficient (Wildman–Crippen LogP) is -2.27. The molecular formula is C6H10N8O8. The molecule has 4 atom stereocenters. The first-order chi connectivity index (χ1) is 10.3. The molecule has 2 fully saturated rings. The molecule has 122 valence electrons. The Balaban J connectivity index is 2.48. The van der Waals surface area contributed by atoms with Crippen LogP contribution in [0.4, 0.5) is 0 Å². The summed E-state index contributed by atoms with van der Waals surface area (Å²) >= 11 is 0. The van der Waals surface area contributed by atoms with Gasteiger partial charge in [0.15, 0.2) is 10.1 Å². The van der Waals surface area contributed by atoms with Gasteiger partial charge in [-0.25, -0.2) is 20.2 Å². The number of rotatable bonds is 4. The highest BCUT2D eigenvalue weighted by Gasteiger charge is 2.64. The van der Waals surface area contributed by atoms with E-state index in [1.54, 1.807) is 0 Å².